The normalized spacial score (nSPS) is 25.9. The summed E-state index contributed by atoms with van der Waals surface area (Å²) in [6.45, 7) is 3.19. The lowest BCUT2D eigenvalue weighted by atomic mass is 10.2. The second-order valence-electron chi connectivity index (χ2n) is 3.89. The molecule has 0 aliphatic heterocycles. The summed E-state index contributed by atoms with van der Waals surface area (Å²) in [5, 5.41) is 6.60. The fourth-order valence-electron chi connectivity index (χ4n) is 2.13. The Labute approximate surface area is 99.9 Å². The van der Waals surface area contributed by atoms with E-state index in [4.69, 9.17) is 0 Å². The summed E-state index contributed by atoms with van der Waals surface area (Å²) >= 11 is 3.78. The Morgan fingerprint density at radius 2 is 2.53 bits per heavy atom. The van der Waals surface area contributed by atoms with Gasteiger partial charge in [-0.1, -0.05) is 13.3 Å². The molecule has 1 heterocycles. The van der Waals surface area contributed by atoms with Crippen molar-refractivity contribution in [2.45, 2.75) is 44.0 Å². The molecule has 2 unspecified atom stereocenters. The highest BCUT2D eigenvalue weighted by atomic mass is 32.2. The molecule has 84 valence electrons. The van der Waals surface area contributed by atoms with Gasteiger partial charge in [-0.15, -0.1) is 11.3 Å². The summed E-state index contributed by atoms with van der Waals surface area (Å²) in [5.74, 6) is 1.24. The first-order chi connectivity index (χ1) is 7.40. The first kappa shape index (κ1) is 11.4. The molecule has 1 aliphatic carbocycles. The SMILES string of the molecule is CCSC1CCCC1NCc1cscn1. The molecule has 0 saturated heterocycles. The van der Waals surface area contributed by atoms with Gasteiger partial charge in [-0.05, 0) is 18.6 Å². The second-order valence-corrected chi connectivity index (χ2v) is 6.13. The molecule has 2 atom stereocenters. The highest BCUT2D eigenvalue weighted by Crippen LogP contribution is 2.29. The molecule has 0 radical (unpaired) electrons. The third-order valence-electron chi connectivity index (χ3n) is 2.86. The third-order valence-corrected chi connectivity index (χ3v) is 4.82. The van der Waals surface area contributed by atoms with Crippen LogP contribution in [0.1, 0.15) is 31.9 Å². The summed E-state index contributed by atoms with van der Waals surface area (Å²) in [6, 6.07) is 0.705. The summed E-state index contributed by atoms with van der Waals surface area (Å²) in [5.41, 5.74) is 3.09. The number of nitrogens with zero attached hydrogens (tertiary/aromatic N) is 1. The van der Waals surface area contributed by atoms with E-state index in [-0.39, 0.29) is 0 Å². The van der Waals surface area contributed by atoms with Crippen molar-refractivity contribution >= 4 is 23.1 Å². The van der Waals surface area contributed by atoms with Crippen molar-refractivity contribution in [1.82, 2.24) is 10.3 Å². The van der Waals surface area contributed by atoms with Crippen LogP contribution in [0, 0.1) is 0 Å². The van der Waals surface area contributed by atoms with Gasteiger partial charge < -0.3 is 5.32 Å². The molecule has 15 heavy (non-hydrogen) atoms. The Kier molecular flexibility index (Phi) is 4.47. The molecule has 0 bridgehead atoms. The minimum atomic E-state index is 0.705. The van der Waals surface area contributed by atoms with E-state index in [1.54, 1.807) is 11.3 Å². The van der Waals surface area contributed by atoms with Crippen LogP contribution in [-0.4, -0.2) is 22.0 Å². The summed E-state index contributed by atoms with van der Waals surface area (Å²) < 4.78 is 0. The zero-order valence-electron chi connectivity index (χ0n) is 9.11. The van der Waals surface area contributed by atoms with Crippen molar-refractivity contribution in [1.29, 1.82) is 0 Å². The second kappa shape index (κ2) is 5.87. The molecule has 0 amide bonds. The molecule has 1 saturated carbocycles. The van der Waals surface area contributed by atoms with Gasteiger partial charge in [0.05, 0.1) is 11.2 Å². The lowest BCUT2D eigenvalue weighted by Crippen LogP contribution is -2.33. The lowest BCUT2D eigenvalue weighted by Gasteiger charge is -2.19. The van der Waals surface area contributed by atoms with Gasteiger partial charge in [-0.3, -0.25) is 0 Å². The Hall–Kier alpha value is -0.0600. The maximum atomic E-state index is 4.30. The molecule has 1 aliphatic rings. The highest BCUT2D eigenvalue weighted by Gasteiger charge is 2.26. The van der Waals surface area contributed by atoms with Gasteiger partial charge in [0.1, 0.15) is 0 Å². The fraction of sp³-hybridized carbons (Fsp3) is 0.727. The summed E-state index contributed by atoms with van der Waals surface area (Å²) in [6.07, 6.45) is 4.10. The summed E-state index contributed by atoms with van der Waals surface area (Å²) in [4.78, 5) is 4.30. The van der Waals surface area contributed by atoms with E-state index in [9.17, 15) is 0 Å². The number of thioether (sulfide) groups is 1. The largest absolute Gasteiger partial charge is 0.307 e. The maximum absolute atomic E-state index is 4.30. The minimum absolute atomic E-state index is 0.705. The van der Waals surface area contributed by atoms with Crippen molar-refractivity contribution in [3.8, 4) is 0 Å². The third kappa shape index (κ3) is 3.20. The predicted octanol–water partition coefficient (Wildman–Crippen LogP) is 2.91. The summed E-state index contributed by atoms with van der Waals surface area (Å²) in [7, 11) is 0. The van der Waals surface area contributed by atoms with Crippen LogP contribution >= 0.6 is 23.1 Å². The van der Waals surface area contributed by atoms with Crippen LogP contribution in [0.5, 0.6) is 0 Å². The van der Waals surface area contributed by atoms with Crippen LogP contribution in [0.3, 0.4) is 0 Å². The van der Waals surface area contributed by atoms with Crippen LogP contribution in [0.25, 0.3) is 0 Å². The zero-order chi connectivity index (χ0) is 10.5. The topological polar surface area (TPSA) is 24.9 Å². The smallest absolute Gasteiger partial charge is 0.0795 e. The van der Waals surface area contributed by atoms with Gasteiger partial charge in [0.2, 0.25) is 0 Å². The van der Waals surface area contributed by atoms with E-state index < -0.39 is 0 Å². The number of hydrogen-bond donors (Lipinski definition) is 1. The van der Waals surface area contributed by atoms with E-state index in [1.165, 1.54) is 30.7 Å². The van der Waals surface area contributed by atoms with Crippen molar-refractivity contribution in [3.63, 3.8) is 0 Å². The minimum Gasteiger partial charge on any atom is -0.307 e. The number of hydrogen-bond acceptors (Lipinski definition) is 4. The molecular weight excluding hydrogens is 224 g/mol. The van der Waals surface area contributed by atoms with E-state index in [0.717, 1.165) is 11.8 Å². The van der Waals surface area contributed by atoms with Gasteiger partial charge in [-0.2, -0.15) is 11.8 Å². The first-order valence-electron chi connectivity index (χ1n) is 5.62. The Morgan fingerprint density at radius 1 is 1.60 bits per heavy atom. The molecule has 0 spiro atoms. The maximum Gasteiger partial charge on any atom is 0.0795 e. The molecule has 1 aromatic rings. The van der Waals surface area contributed by atoms with Crippen molar-refractivity contribution < 1.29 is 0 Å². The molecule has 1 N–H and O–H groups in total. The number of rotatable bonds is 5. The predicted molar refractivity (Wildman–Crippen MR) is 68.5 cm³/mol. The Morgan fingerprint density at radius 3 is 3.27 bits per heavy atom. The average Bonchev–Trinajstić information content (AvgIpc) is 2.85. The van der Waals surface area contributed by atoms with Crippen molar-refractivity contribution in [3.05, 3.63) is 16.6 Å². The standard InChI is InChI=1S/C11H18N2S2/c1-2-15-11-5-3-4-10(11)12-6-9-7-14-8-13-9/h7-8,10-12H,2-6H2,1H3. The average molecular weight is 242 g/mol. The van der Waals surface area contributed by atoms with E-state index >= 15 is 0 Å². The van der Waals surface area contributed by atoms with Gasteiger partial charge in [-0.25, -0.2) is 4.98 Å². The fourth-order valence-corrected chi connectivity index (χ4v) is 3.92. The van der Waals surface area contributed by atoms with Crippen molar-refractivity contribution in [2.75, 3.05) is 5.75 Å². The van der Waals surface area contributed by atoms with E-state index in [0.29, 0.717) is 6.04 Å². The molecule has 0 aromatic carbocycles. The van der Waals surface area contributed by atoms with Gasteiger partial charge in [0.15, 0.2) is 0 Å². The molecule has 4 heteroatoms. The van der Waals surface area contributed by atoms with Crippen LogP contribution in [0.2, 0.25) is 0 Å². The van der Waals surface area contributed by atoms with Crippen LogP contribution in [-0.2, 0) is 6.54 Å². The number of aromatic nitrogens is 1. The monoisotopic (exact) mass is 242 g/mol. The van der Waals surface area contributed by atoms with Crippen LogP contribution in [0.4, 0.5) is 0 Å². The first-order valence-corrected chi connectivity index (χ1v) is 7.61. The molecule has 1 aromatic heterocycles. The highest BCUT2D eigenvalue weighted by molar-refractivity contribution is 7.99. The number of thiazole rings is 1. The van der Waals surface area contributed by atoms with E-state index in [2.05, 4.69) is 34.4 Å². The lowest BCUT2D eigenvalue weighted by molar-refractivity contribution is 0.528. The molecular formula is C11H18N2S2. The Balaban J connectivity index is 1.78. The molecule has 1 fully saturated rings. The van der Waals surface area contributed by atoms with Gasteiger partial charge in [0.25, 0.3) is 0 Å². The number of nitrogens with one attached hydrogen (secondary N) is 1. The van der Waals surface area contributed by atoms with Gasteiger partial charge in [0, 0.05) is 23.2 Å². The zero-order valence-corrected chi connectivity index (χ0v) is 10.7. The van der Waals surface area contributed by atoms with Gasteiger partial charge >= 0.3 is 0 Å². The van der Waals surface area contributed by atoms with E-state index in [1.807, 2.05) is 5.51 Å². The molecule has 2 rings (SSSR count). The van der Waals surface area contributed by atoms with Crippen LogP contribution < -0.4 is 5.32 Å². The van der Waals surface area contributed by atoms with Crippen molar-refractivity contribution in [2.24, 2.45) is 0 Å². The Bertz CT molecular complexity index is 274. The quantitative estimate of drug-likeness (QED) is 0.859. The molecule has 2 nitrogen and oxygen atoms in total. The van der Waals surface area contributed by atoms with Crippen LogP contribution in [0.15, 0.2) is 10.9 Å².